The Morgan fingerprint density at radius 1 is 1.28 bits per heavy atom. The Morgan fingerprint density at radius 2 is 2.00 bits per heavy atom. The SMILES string of the molecule is CSc1ccc(Oc2ncccc2C(=N)N)cc1. The molecule has 0 fully saturated rings. The van der Waals surface area contributed by atoms with Crippen LogP contribution in [0.5, 0.6) is 11.6 Å². The Hall–Kier alpha value is -2.01. The maximum atomic E-state index is 7.46. The summed E-state index contributed by atoms with van der Waals surface area (Å²) < 4.78 is 5.63. The van der Waals surface area contributed by atoms with Crippen molar-refractivity contribution in [2.45, 2.75) is 4.90 Å². The van der Waals surface area contributed by atoms with Gasteiger partial charge in [-0.25, -0.2) is 4.98 Å². The Labute approximate surface area is 110 Å². The number of benzene rings is 1. The van der Waals surface area contributed by atoms with E-state index in [0.717, 1.165) is 4.90 Å². The number of thioether (sulfide) groups is 1. The zero-order valence-corrected chi connectivity index (χ0v) is 10.7. The van der Waals surface area contributed by atoms with Gasteiger partial charge in [0.1, 0.15) is 11.6 Å². The lowest BCUT2D eigenvalue weighted by Gasteiger charge is -2.08. The maximum absolute atomic E-state index is 7.46. The van der Waals surface area contributed by atoms with E-state index in [1.165, 1.54) is 0 Å². The Kier molecular flexibility index (Phi) is 3.84. The number of nitrogens with one attached hydrogen (secondary N) is 1. The number of ether oxygens (including phenoxy) is 1. The van der Waals surface area contributed by atoms with Crippen LogP contribution in [0.4, 0.5) is 0 Å². The summed E-state index contributed by atoms with van der Waals surface area (Å²) in [6, 6.07) is 11.1. The van der Waals surface area contributed by atoms with Crippen LogP contribution in [-0.2, 0) is 0 Å². The minimum Gasteiger partial charge on any atom is -0.438 e. The molecule has 0 atom stereocenters. The summed E-state index contributed by atoms with van der Waals surface area (Å²) in [4.78, 5) is 5.25. The third-order valence-corrected chi connectivity index (χ3v) is 3.08. The summed E-state index contributed by atoms with van der Waals surface area (Å²) in [5, 5.41) is 7.46. The van der Waals surface area contributed by atoms with Gasteiger partial charge in [-0.15, -0.1) is 11.8 Å². The number of nitrogen functional groups attached to an aromatic ring is 1. The fourth-order valence-corrected chi connectivity index (χ4v) is 1.84. The van der Waals surface area contributed by atoms with Gasteiger partial charge in [0.05, 0.1) is 5.56 Å². The van der Waals surface area contributed by atoms with Crippen LogP contribution >= 0.6 is 11.8 Å². The first kappa shape index (κ1) is 12.4. The number of nitrogens with two attached hydrogens (primary N) is 1. The highest BCUT2D eigenvalue weighted by atomic mass is 32.2. The van der Waals surface area contributed by atoms with Crippen LogP contribution in [-0.4, -0.2) is 17.1 Å². The first-order chi connectivity index (χ1) is 8.70. The predicted octanol–water partition coefficient (Wildman–Crippen LogP) is 2.88. The zero-order chi connectivity index (χ0) is 13.0. The first-order valence-corrected chi connectivity index (χ1v) is 6.54. The highest BCUT2D eigenvalue weighted by Crippen LogP contribution is 2.24. The van der Waals surface area contributed by atoms with Gasteiger partial charge in [-0.1, -0.05) is 0 Å². The molecule has 4 nitrogen and oxygen atoms in total. The van der Waals surface area contributed by atoms with Crippen LogP contribution in [0.3, 0.4) is 0 Å². The molecule has 1 aromatic carbocycles. The highest BCUT2D eigenvalue weighted by molar-refractivity contribution is 7.98. The molecular formula is C13H13N3OS. The Morgan fingerprint density at radius 3 is 2.61 bits per heavy atom. The monoisotopic (exact) mass is 259 g/mol. The molecule has 18 heavy (non-hydrogen) atoms. The van der Waals surface area contributed by atoms with E-state index in [1.54, 1.807) is 30.1 Å². The van der Waals surface area contributed by atoms with E-state index < -0.39 is 0 Å². The van der Waals surface area contributed by atoms with E-state index in [9.17, 15) is 0 Å². The molecule has 1 heterocycles. The van der Waals surface area contributed by atoms with Crippen LogP contribution in [0, 0.1) is 5.41 Å². The predicted molar refractivity (Wildman–Crippen MR) is 73.6 cm³/mol. The molecule has 0 saturated heterocycles. The molecule has 5 heteroatoms. The van der Waals surface area contributed by atoms with Crippen LogP contribution < -0.4 is 10.5 Å². The van der Waals surface area contributed by atoms with E-state index in [1.807, 2.05) is 30.5 Å². The van der Waals surface area contributed by atoms with Gasteiger partial charge < -0.3 is 10.5 Å². The second-order valence-electron chi connectivity index (χ2n) is 3.55. The van der Waals surface area contributed by atoms with Crippen molar-refractivity contribution in [2.24, 2.45) is 5.73 Å². The molecule has 0 unspecified atom stereocenters. The average Bonchev–Trinajstić information content (AvgIpc) is 2.40. The van der Waals surface area contributed by atoms with Crippen molar-refractivity contribution in [3.05, 3.63) is 48.2 Å². The van der Waals surface area contributed by atoms with E-state index in [4.69, 9.17) is 15.9 Å². The Bertz CT molecular complexity index is 554. The van der Waals surface area contributed by atoms with Gasteiger partial charge in [-0.2, -0.15) is 0 Å². The summed E-state index contributed by atoms with van der Waals surface area (Å²) in [7, 11) is 0. The summed E-state index contributed by atoms with van der Waals surface area (Å²) in [6.45, 7) is 0. The summed E-state index contributed by atoms with van der Waals surface area (Å²) >= 11 is 1.67. The average molecular weight is 259 g/mol. The molecule has 0 spiro atoms. The van der Waals surface area contributed by atoms with E-state index in [0.29, 0.717) is 17.2 Å². The van der Waals surface area contributed by atoms with Gasteiger partial charge in [0.25, 0.3) is 0 Å². The number of nitrogens with zero attached hydrogens (tertiary/aromatic N) is 1. The van der Waals surface area contributed by atoms with Crippen molar-refractivity contribution in [1.29, 1.82) is 5.41 Å². The topological polar surface area (TPSA) is 72.0 Å². The molecule has 0 radical (unpaired) electrons. The fourth-order valence-electron chi connectivity index (χ4n) is 1.43. The van der Waals surface area contributed by atoms with E-state index in [-0.39, 0.29) is 5.84 Å². The zero-order valence-electron chi connectivity index (χ0n) is 9.88. The van der Waals surface area contributed by atoms with E-state index in [2.05, 4.69) is 4.98 Å². The van der Waals surface area contributed by atoms with Crippen LogP contribution in [0.25, 0.3) is 0 Å². The Balaban J connectivity index is 2.25. The number of hydrogen-bond acceptors (Lipinski definition) is 4. The third-order valence-electron chi connectivity index (χ3n) is 2.34. The summed E-state index contributed by atoms with van der Waals surface area (Å²) in [5.41, 5.74) is 5.97. The number of hydrogen-bond donors (Lipinski definition) is 2. The largest absolute Gasteiger partial charge is 0.438 e. The molecule has 0 bridgehead atoms. The normalized spacial score (nSPS) is 10.1. The molecule has 92 valence electrons. The van der Waals surface area contributed by atoms with Gasteiger partial charge in [0.15, 0.2) is 0 Å². The first-order valence-electron chi connectivity index (χ1n) is 5.32. The van der Waals surface area contributed by atoms with Crippen molar-refractivity contribution >= 4 is 17.6 Å². The number of amidine groups is 1. The van der Waals surface area contributed by atoms with Gasteiger partial charge in [-0.3, -0.25) is 5.41 Å². The summed E-state index contributed by atoms with van der Waals surface area (Å²) in [6.07, 6.45) is 3.63. The lowest BCUT2D eigenvalue weighted by atomic mass is 10.2. The van der Waals surface area contributed by atoms with E-state index >= 15 is 0 Å². The van der Waals surface area contributed by atoms with Crippen LogP contribution in [0.15, 0.2) is 47.5 Å². The van der Waals surface area contributed by atoms with Crippen molar-refractivity contribution in [1.82, 2.24) is 4.98 Å². The maximum Gasteiger partial charge on any atom is 0.230 e. The lowest BCUT2D eigenvalue weighted by Crippen LogP contribution is -2.12. The molecule has 0 amide bonds. The molecule has 0 saturated carbocycles. The molecule has 2 rings (SSSR count). The molecule has 0 aliphatic carbocycles. The lowest BCUT2D eigenvalue weighted by molar-refractivity contribution is 0.461. The standard InChI is InChI=1S/C13H13N3OS/c1-18-10-6-4-9(5-7-10)17-13-11(12(14)15)3-2-8-16-13/h2-8H,1H3,(H3,14,15). The highest BCUT2D eigenvalue weighted by Gasteiger charge is 2.08. The fraction of sp³-hybridized carbons (Fsp3) is 0.0769. The molecule has 2 aromatic rings. The molecule has 0 aliphatic rings. The van der Waals surface area contributed by atoms with Crippen LogP contribution in [0.2, 0.25) is 0 Å². The number of pyridine rings is 1. The van der Waals surface area contributed by atoms with Gasteiger partial charge in [0, 0.05) is 11.1 Å². The van der Waals surface area contributed by atoms with Crippen molar-refractivity contribution in [3.8, 4) is 11.6 Å². The second-order valence-corrected chi connectivity index (χ2v) is 4.43. The molecular weight excluding hydrogens is 246 g/mol. The van der Waals surface area contributed by atoms with Crippen molar-refractivity contribution < 1.29 is 4.74 Å². The summed E-state index contributed by atoms with van der Waals surface area (Å²) in [5.74, 6) is 0.967. The quantitative estimate of drug-likeness (QED) is 0.503. The van der Waals surface area contributed by atoms with Crippen molar-refractivity contribution in [3.63, 3.8) is 0 Å². The van der Waals surface area contributed by atoms with Crippen molar-refractivity contribution in [2.75, 3.05) is 6.26 Å². The molecule has 0 aliphatic heterocycles. The molecule has 3 N–H and O–H groups in total. The minimum absolute atomic E-state index is 0.0566. The number of aromatic nitrogens is 1. The number of rotatable bonds is 4. The smallest absolute Gasteiger partial charge is 0.230 e. The third kappa shape index (κ3) is 2.81. The second kappa shape index (κ2) is 5.55. The van der Waals surface area contributed by atoms with Gasteiger partial charge in [0.2, 0.25) is 5.88 Å². The molecule has 1 aromatic heterocycles. The van der Waals surface area contributed by atoms with Gasteiger partial charge >= 0.3 is 0 Å². The van der Waals surface area contributed by atoms with Gasteiger partial charge in [-0.05, 0) is 42.7 Å². The van der Waals surface area contributed by atoms with Crippen LogP contribution in [0.1, 0.15) is 5.56 Å². The minimum atomic E-state index is -0.0566.